The molecule has 0 bridgehead atoms. The molecule has 0 aliphatic rings. The van der Waals surface area contributed by atoms with Crippen LogP contribution in [0.25, 0.3) is 0 Å². The maximum atomic E-state index is 10.5. The molecular formula is C7H15NO8S. The Labute approximate surface area is 98.2 Å². The Morgan fingerprint density at radius 1 is 1.18 bits per heavy atom. The smallest absolute Gasteiger partial charge is 0.394 e. The Bertz CT molecular complexity index is 341. The van der Waals surface area contributed by atoms with E-state index in [4.69, 9.17) is 27.7 Å². The Balaban J connectivity index is 0. The fourth-order valence-corrected chi connectivity index (χ4v) is 0.863. The second kappa shape index (κ2) is 7.95. The number of hydrogen-bond donors (Lipinski definition) is 4. The number of nitrogens with zero attached hydrogens (tertiary/aromatic N) is 1. The first-order valence-corrected chi connectivity index (χ1v) is 5.65. The molecule has 0 aliphatic carbocycles. The summed E-state index contributed by atoms with van der Waals surface area (Å²) in [5.74, 6) is -1.95. The number of carbonyl (C=O) groups is 2. The number of rotatable bonds is 5. The molecular weight excluding hydrogens is 258 g/mol. The van der Waals surface area contributed by atoms with E-state index in [1.165, 1.54) is 4.90 Å². The molecule has 0 radical (unpaired) electrons. The first-order valence-electron chi connectivity index (χ1n) is 4.26. The van der Waals surface area contributed by atoms with Crippen LogP contribution >= 0.6 is 0 Å². The van der Waals surface area contributed by atoms with E-state index in [1.807, 2.05) is 0 Å². The van der Waals surface area contributed by atoms with Gasteiger partial charge in [-0.1, -0.05) is 0 Å². The van der Waals surface area contributed by atoms with Gasteiger partial charge in [0.2, 0.25) is 0 Å². The van der Waals surface area contributed by atoms with Gasteiger partial charge in [0.25, 0.3) is 0 Å². The Hall–Kier alpha value is -1.23. The summed E-state index contributed by atoms with van der Waals surface area (Å²) in [6.07, 6.45) is 0.0206. The normalized spacial score (nSPS) is 12.5. The van der Waals surface area contributed by atoms with Gasteiger partial charge in [-0.2, -0.15) is 8.42 Å². The van der Waals surface area contributed by atoms with E-state index in [1.54, 1.807) is 14.1 Å². The SMILES string of the molecule is CN(C)[C@@H](CCC(=O)O)C(=O)O.O=S(=O)(O)O. The molecule has 17 heavy (non-hydrogen) atoms. The predicted octanol–water partition coefficient (Wildman–Crippen LogP) is -0.787. The minimum absolute atomic E-state index is 0.116. The number of hydrogen-bond acceptors (Lipinski definition) is 5. The highest BCUT2D eigenvalue weighted by molar-refractivity contribution is 7.79. The van der Waals surface area contributed by atoms with Crippen LogP contribution in [0.1, 0.15) is 12.8 Å². The van der Waals surface area contributed by atoms with Gasteiger partial charge in [0.1, 0.15) is 6.04 Å². The molecule has 0 amide bonds. The molecule has 0 fully saturated rings. The summed E-state index contributed by atoms with van der Waals surface area (Å²) < 4.78 is 31.6. The van der Waals surface area contributed by atoms with Crippen molar-refractivity contribution in [2.24, 2.45) is 0 Å². The maximum absolute atomic E-state index is 10.5. The van der Waals surface area contributed by atoms with Gasteiger partial charge < -0.3 is 10.2 Å². The number of carboxylic acid groups (broad SMARTS) is 2. The van der Waals surface area contributed by atoms with Crippen molar-refractivity contribution in [3.8, 4) is 0 Å². The van der Waals surface area contributed by atoms with E-state index in [0.29, 0.717) is 0 Å². The van der Waals surface area contributed by atoms with Crippen molar-refractivity contribution in [1.29, 1.82) is 0 Å². The Kier molecular flexibility index (Phi) is 8.48. The molecule has 0 aromatic carbocycles. The van der Waals surface area contributed by atoms with Gasteiger partial charge in [-0.3, -0.25) is 23.6 Å². The Morgan fingerprint density at radius 2 is 1.53 bits per heavy atom. The van der Waals surface area contributed by atoms with Crippen molar-refractivity contribution >= 4 is 22.3 Å². The van der Waals surface area contributed by atoms with Gasteiger partial charge in [0.15, 0.2) is 0 Å². The van der Waals surface area contributed by atoms with E-state index < -0.39 is 28.4 Å². The fourth-order valence-electron chi connectivity index (χ4n) is 0.863. The van der Waals surface area contributed by atoms with E-state index in [0.717, 1.165) is 0 Å². The first-order chi connectivity index (χ1) is 7.45. The van der Waals surface area contributed by atoms with Gasteiger partial charge in [0, 0.05) is 6.42 Å². The molecule has 0 aromatic rings. The second-order valence-corrected chi connectivity index (χ2v) is 4.09. The van der Waals surface area contributed by atoms with Crippen LogP contribution in [0, 0.1) is 0 Å². The molecule has 0 spiro atoms. The summed E-state index contributed by atoms with van der Waals surface area (Å²) in [7, 11) is -1.44. The highest BCUT2D eigenvalue weighted by Gasteiger charge is 2.20. The van der Waals surface area contributed by atoms with Crippen LogP contribution in [0.3, 0.4) is 0 Å². The highest BCUT2D eigenvalue weighted by Crippen LogP contribution is 2.03. The van der Waals surface area contributed by atoms with Crippen LogP contribution in [-0.4, -0.2) is 64.7 Å². The summed E-state index contributed by atoms with van der Waals surface area (Å²) >= 11 is 0. The van der Waals surface area contributed by atoms with Crippen LogP contribution in [0.15, 0.2) is 0 Å². The highest BCUT2D eigenvalue weighted by atomic mass is 32.3. The van der Waals surface area contributed by atoms with E-state index in [2.05, 4.69) is 0 Å². The summed E-state index contributed by atoms with van der Waals surface area (Å²) in [5.41, 5.74) is 0. The van der Waals surface area contributed by atoms with Crippen LogP contribution < -0.4 is 0 Å². The lowest BCUT2D eigenvalue weighted by Crippen LogP contribution is -2.35. The zero-order chi connectivity index (χ0) is 14.2. The third kappa shape index (κ3) is 17.4. The fraction of sp³-hybridized carbons (Fsp3) is 0.714. The van der Waals surface area contributed by atoms with Gasteiger partial charge in [-0.25, -0.2) is 0 Å². The van der Waals surface area contributed by atoms with Crippen LogP contribution in [0.4, 0.5) is 0 Å². The van der Waals surface area contributed by atoms with E-state index in [9.17, 15) is 9.59 Å². The number of likely N-dealkylation sites (N-methyl/N-ethyl adjacent to an activating group) is 1. The predicted molar refractivity (Wildman–Crippen MR) is 56.2 cm³/mol. The van der Waals surface area contributed by atoms with Crippen molar-refractivity contribution in [1.82, 2.24) is 4.90 Å². The lowest BCUT2D eigenvalue weighted by Gasteiger charge is -2.18. The molecule has 1 atom stereocenters. The van der Waals surface area contributed by atoms with Gasteiger partial charge in [-0.15, -0.1) is 0 Å². The third-order valence-corrected chi connectivity index (χ3v) is 1.54. The molecule has 0 aliphatic heterocycles. The van der Waals surface area contributed by atoms with Crippen LogP contribution in [-0.2, 0) is 20.0 Å². The summed E-state index contributed by atoms with van der Waals surface area (Å²) in [6.45, 7) is 0. The quantitative estimate of drug-likeness (QED) is 0.472. The average molecular weight is 273 g/mol. The zero-order valence-corrected chi connectivity index (χ0v) is 10.1. The number of aliphatic carboxylic acids is 2. The molecule has 0 saturated carbocycles. The van der Waals surface area contributed by atoms with Crippen molar-refractivity contribution < 1.29 is 37.3 Å². The van der Waals surface area contributed by atoms with Crippen molar-refractivity contribution in [2.45, 2.75) is 18.9 Å². The summed E-state index contributed by atoms with van der Waals surface area (Å²) in [6, 6.07) is -0.707. The lowest BCUT2D eigenvalue weighted by molar-refractivity contribution is -0.143. The van der Waals surface area contributed by atoms with E-state index in [-0.39, 0.29) is 12.8 Å². The van der Waals surface area contributed by atoms with Gasteiger partial charge in [-0.05, 0) is 20.5 Å². The Morgan fingerprint density at radius 3 is 1.71 bits per heavy atom. The van der Waals surface area contributed by atoms with Gasteiger partial charge >= 0.3 is 22.3 Å². The van der Waals surface area contributed by atoms with Crippen LogP contribution in [0.2, 0.25) is 0 Å². The minimum Gasteiger partial charge on any atom is -0.481 e. The van der Waals surface area contributed by atoms with Crippen molar-refractivity contribution in [3.05, 3.63) is 0 Å². The average Bonchev–Trinajstić information content (AvgIpc) is 1.98. The maximum Gasteiger partial charge on any atom is 0.394 e. The molecule has 4 N–H and O–H groups in total. The molecule has 0 heterocycles. The van der Waals surface area contributed by atoms with Crippen molar-refractivity contribution in [3.63, 3.8) is 0 Å². The van der Waals surface area contributed by atoms with Gasteiger partial charge in [0.05, 0.1) is 0 Å². The van der Waals surface area contributed by atoms with Crippen molar-refractivity contribution in [2.75, 3.05) is 14.1 Å². The molecule has 0 unspecified atom stereocenters. The molecule has 0 rings (SSSR count). The largest absolute Gasteiger partial charge is 0.481 e. The standard InChI is InChI=1S/C7H13NO4.H2O4S/c1-8(2)5(7(11)12)3-4-6(9)10;1-5(2,3)4/h5H,3-4H2,1-2H3,(H,9,10)(H,11,12);(H2,1,2,3,4)/t5-;/m0./s1. The molecule has 0 saturated heterocycles. The second-order valence-electron chi connectivity index (χ2n) is 3.20. The minimum atomic E-state index is -4.67. The first kappa shape index (κ1) is 18.1. The molecule has 102 valence electrons. The lowest BCUT2D eigenvalue weighted by atomic mass is 10.1. The number of carboxylic acids is 2. The monoisotopic (exact) mass is 273 g/mol. The molecule has 9 nitrogen and oxygen atoms in total. The molecule has 0 aromatic heterocycles. The zero-order valence-electron chi connectivity index (χ0n) is 9.27. The summed E-state index contributed by atoms with van der Waals surface area (Å²) in [4.78, 5) is 22.1. The van der Waals surface area contributed by atoms with E-state index >= 15 is 0 Å². The molecule has 10 heteroatoms. The van der Waals surface area contributed by atoms with Crippen LogP contribution in [0.5, 0.6) is 0 Å². The third-order valence-electron chi connectivity index (χ3n) is 1.54. The summed E-state index contributed by atoms with van der Waals surface area (Å²) in [5, 5.41) is 16.9. The topological polar surface area (TPSA) is 152 Å².